The number of amides is 1. The Labute approximate surface area is 247 Å². The highest BCUT2D eigenvalue weighted by Crippen LogP contribution is 2.31. The van der Waals surface area contributed by atoms with Crippen LogP contribution in [0, 0.1) is 13.8 Å². The van der Waals surface area contributed by atoms with Gasteiger partial charge >= 0.3 is 12.1 Å². The van der Waals surface area contributed by atoms with Crippen LogP contribution in [-0.2, 0) is 27.5 Å². The average molecular weight is 620 g/mol. The number of piperazine rings is 1. The zero-order chi connectivity index (χ0) is 31.7. The Morgan fingerprint density at radius 1 is 1.00 bits per heavy atom. The lowest BCUT2D eigenvalue weighted by Crippen LogP contribution is -2.60. The molecule has 1 saturated heterocycles. The molecular weight excluding hydrogens is 587 g/mol. The Balaban J connectivity index is 1.65. The fraction of sp³-hybridized carbons (Fsp3) is 0.379. The fourth-order valence-electron chi connectivity index (χ4n) is 4.83. The number of halogens is 3. The molecular formula is C29H32F3N5O5S. The van der Waals surface area contributed by atoms with Gasteiger partial charge in [0.1, 0.15) is 6.04 Å². The van der Waals surface area contributed by atoms with Crippen LogP contribution in [0.3, 0.4) is 0 Å². The van der Waals surface area contributed by atoms with E-state index in [1.165, 1.54) is 6.92 Å². The number of anilines is 1. The number of nitrogens with one attached hydrogen (secondary N) is 1. The normalized spacial score (nSPS) is 16.4. The molecule has 1 atom stereocenters. The topological polar surface area (TPSA) is 133 Å². The number of aromatic nitrogens is 2. The number of carbonyl (C=O) groups excluding carboxylic acids is 1. The second-order valence-electron chi connectivity index (χ2n) is 10.6. The summed E-state index contributed by atoms with van der Waals surface area (Å²) in [5.41, 5.74) is 1.13. The van der Waals surface area contributed by atoms with E-state index in [9.17, 15) is 36.3 Å². The molecule has 0 aliphatic carbocycles. The van der Waals surface area contributed by atoms with Crippen LogP contribution in [-0.4, -0.2) is 65.4 Å². The lowest BCUT2D eigenvalue weighted by atomic mass is 10.0. The van der Waals surface area contributed by atoms with Gasteiger partial charge in [0.2, 0.25) is 15.9 Å². The van der Waals surface area contributed by atoms with Crippen LogP contribution < -0.4 is 10.2 Å². The molecule has 1 fully saturated rings. The Morgan fingerprint density at radius 2 is 1.63 bits per heavy atom. The molecule has 0 bridgehead atoms. The summed E-state index contributed by atoms with van der Waals surface area (Å²) >= 11 is 0. The van der Waals surface area contributed by atoms with Gasteiger partial charge in [-0.1, -0.05) is 38.1 Å². The number of benzene rings is 2. The molecule has 14 heteroatoms. The Bertz CT molecular complexity index is 1610. The van der Waals surface area contributed by atoms with Crippen molar-refractivity contribution in [2.75, 3.05) is 24.5 Å². The average Bonchev–Trinajstić information content (AvgIpc) is 2.96. The van der Waals surface area contributed by atoms with Crippen LogP contribution in [0.4, 0.5) is 19.0 Å². The van der Waals surface area contributed by atoms with Crippen molar-refractivity contribution < 1.29 is 36.3 Å². The summed E-state index contributed by atoms with van der Waals surface area (Å²) < 4.78 is 67.6. The first kappa shape index (κ1) is 31.9. The van der Waals surface area contributed by atoms with Crippen LogP contribution in [0.1, 0.15) is 58.3 Å². The lowest BCUT2D eigenvalue weighted by molar-refractivity contribution is -0.137. The van der Waals surface area contributed by atoms with Crippen LogP contribution in [0.5, 0.6) is 0 Å². The fourth-order valence-corrected chi connectivity index (χ4v) is 6.40. The van der Waals surface area contributed by atoms with Crippen molar-refractivity contribution in [3.05, 3.63) is 82.3 Å². The van der Waals surface area contributed by atoms with Gasteiger partial charge in [-0.2, -0.15) is 17.5 Å². The predicted molar refractivity (Wildman–Crippen MR) is 152 cm³/mol. The Kier molecular flexibility index (Phi) is 9.11. The number of alkyl halides is 3. The third-order valence-corrected chi connectivity index (χ3v) is 9.18. The summed E-state index contributed by atoms with van der Waals surface area (Å²) in [7, 11) is -4.39. The number of carbonyl (C=O) groups is 2. The molecule has 0 saturated carbocycles. The highest BCUT2D eigenvalue weighted by Gasteiger charge is 2.41. The number of nitrogens with zero attached hydrogens (tertiary/aromatic N) is 4. The maximum Gasteiger partial charge on any atom is 0.416 e. The second-order valence-corrected chi connectivity index (χ2v) is 12.5. The van der Waals surface area contributed by atoms with E-state index in [4.69, 9.17) is 0 Å². The summed E-state index contributed by atoms with van der Waals surface area (Å²) in [6, 6.07) is 9.46. The first-order chi connectivity index (χ1) is 20.1. The molecule has 2 heterocycles. The zero-order valence-corrected chi connectivity index (χ0v) is 24.8. The van der Waals surface area contributed by atoms with E-state index in [0.29, 0.717) is 23.9 Å². The number of hydrogen-bond donors (Lipinski definition) is 2. The van der Waals surface area contributed by atoms with Crippen molar-refractivity contribution in [3.8, 4) is 0 Å². The van der Waals surface area contributed by atoms with Crippen LogP contribution >= 0.6 is 0 Å². The largest absolute Gasteiger partial charge is 0.476 e. The van der Waals surface area contributed by atoms with E-state index in [2.05, 4.69) is 29.1 Å². The summed E-state index contributed by atoms with van der Waals surface area (Å²) in [6.45, 7) is 7.01. The summed E-state index contributed by atoms with van der Waals surface area (Å²) in [5, 5.41) is 12.2. The number of aryl methyl sites for hydroxylation is 2. The quantitative estimate of drug-likeness (QED) is 0.385. The molecule has 1 amide bonds. The number of sulfonamides is 1. The third kappa shape index (κ3) is 6.96. The van der Waals surface area contributed by atoms with E-state index in [-0.39, 0.29) is 48.2 Å². The molecule has 43 heavy (non-hydrogen) atoms. The van der Waals surface area contributed by atoms with Gasteiger partial charge in [0.05, 0.1) is 21.8 Å². The number of rotatable bonds is 8. The molecule has 3 aromatic rings. The molecule has 10 nitrogen and oxygen atoms in total. The molecule has 1 aliphatic heterocycles. The van der Waals surface area contributed by atoms with Gasteiger partial charge in [-0.15, -0.1) is 0 Å². The highest BCUT2D eigenvalue weighted by molar-refractivity contribution is 7.89. The van der Waals surface area contributed by atoms with Gasteiger partial charge in [0.15, 0.2) is 11.5 Å². The second kappa shape index (κ2) is 12.3. The maximum absolute atomic E-state index is 13.7. The van der Waals surface area contributed by atoms with Crippen LogP contribution in [0.25, 0.3) is 0 Å². The SMILES string of the molecule is Cc1nc(N2CCN(S(=O)(=O)c3ccc(C(F)(F)F)cc3)[C@@H](C(=O)NCc3ccc(C(C)C)cc3)C2)c(C)nc1C(=O)O. The third-order valence-electron chi connectivity index (χ3n) is 7.26. The maximum atomic E-state index is 13.7. The van der Waals surface area contributed by atoms with Crippen LogP contribution in [0.15, 0.2) is 53.4 Å². The number of carboxylic acids is 1. The van der Waals surface area contributed by atoms with Gasteiger partial charge in [-0.25, -0.2) is 23.2 Å². The molecule has 230 valence electrons. The van der Waals surface area contributed by atoms with Gasteiger partial charge in [-0.05, 0) is 55.2 Å². The van der Waals surface area contributed by atoms with E-state index < -0.39 is 39.7 Å². The van der Waals surface area contributed by atoms with Crippen molar-refractivity contribution in [2.24, 2.45) is 0 Å². The van der Waals surface area contributed by atoms with Crippen molar-refractivity contribution in [2.45, 2.75) is 57.3 Å². The molecule has 4 rings (SSSR count). The minimum atomic E-state index is -4.64. The van der Waals surface area contributed by atoms with Crippen molar-refractivity contribution >= 4 is 27.7 Å². The monoisotopic (exact) mass is 619 g/mol. The Hall–Kier alpha value is -4.04. The van der Waals surface area contributed by atoms with Crippen molar-refractivity contribution in [1.29, 1.82) is 0 Å². The Morgan fingerprint density at radius 3 is 2.19 bits per heavy atom. The molecule has 2 aromatic carbocycles. The van der Waals surface area contributed by atoms with Crippen molar-refractivity contribution in [1.82, 2.24) is 19.6 Å². The molecule has 0 spiro atoms. The van der Waals surface area contributed by atoms with E-state index in [1.807, 2.05) is 24.3 Å². The molecule has 0 unspecified atom stereocenters. The molecule has 2 N–H and O–H groups in total. The van der Waals surface area contributed by atoms with E-state index in [1.54, 1.807) is 11.8 Å². The van der Waals surface area contributed by atoms with Gasteiger partial charge in [0, 0.05) is 26.2 Å². The van der Waals surface area contributed by atoms with Gasteiger partial charge in [-0.3, -0.25) is 4.79 Å². The van der Waals surface area contributed by atoms with Gasteiger partial charge < -0.3 is 15.3 Å². The summed E-state index contributed by atoms with van der Waals surface area (Å²) in [4.78, 5) is 34.9. The van der Waals surface area contributed by atoms with Gasteiger partial charge in [0.25, 0.3) is 0 Å². The van der Waals surface area contributed by atoms with E-state index in [0.717, 1.165) is 27.6 Å². The first-order valence-electron chi connectivity index (χ1n) is 13.5. The number of hydrogen-bond acceptors (Lipinski definition) is 7. The predicted octanol–water partition coefficient (Wildman–Crippen LogP) is 4.13. The zero-order valence-electron chi connectivity index (χ0n) is 24.0. The molecule has 1 aromatic heterocycles. The summed E-state index contributed by atoms with van der Waals surface area (Å²) in [5.74, 6) is -1.24. The molecule has 0 radical (unpaired) electrons. The minimum absolute atomic E-state index is 0.0711. The van der Waals surface area contributed by atoms with Crippen LogP contribution in [0.2, 0.25) is 0 Å². The highest BCUT2D eigenvalue weighted by atomic mass is 32.2. The van der Waals surface area contributed by atoms with Crippen molar-refractivity contribution in [3.63, 3.8) is 0 Å². The standard InChI is InChI=1S/C29H32F3N5O5S/c1-17(2)21-7-5-20(6-8-21)15-33-27(38)24-16-36(26-19(4)34-25(28(39)40)18(3)35-26)13-14-37(24)43(41,42)23-11-9-22(10-12-23)29(30,31)32/h5-12,17,24H,13-16H2,1-4H3,(H,33,38)(H,39,40)/t24-/m1/s1. The van der Waals surface area contributed by atoms with E-state index >= 15 is 0 Å². The first-order valence-corrected chi connectivity index (χ1v) is 14.9. The molecule has 1 aliphatic rings. The summed E-state index contributed by atoms with van der Waals surface area (Å²) in [6.07, 6.45) is -4.64. The smallest absolute Gasteiger partial charge is 0.416 e. The lowest BCUT2D eigenvalue weighted by Gasteiger charge is -2.40. The number of carboxylic acid groups (broad SMARTS) is 1. The number of aromatic carboxylic acids is 1. The minimum Gasteiger partial charge on any atom is -0.476 e.